The molecule has 0 spiro atoms. The van der Waals surface area contributed by atoms with Crippen molar-refractivity contribution >= 4 is 10.1 Å². The molecule has 2 bridgehead atoms. The molecular weight excluding hydrogens is 298 g/mol. The molecule has 22 heavy (non-hydrogen) atoms. The van der Waals surface area contributed by atoms with Gasteiger partial charge >= 0.3 is 0 Å². The molecule has 122 valence electrons. The summed E-state index contributed by atoms with van der Waals surface area (Å²) in [6.07, 6.45) is 4.58. The molecule has 0 saturated carbocycles. The molecule has 0 amide bonds. The lowest BCUT2D eigenvalue weighted by atomic mass is 9.76. The average Bonchev–Trinajstić information content (AvgIpc) is 2.70. The maximum atomic E-state index is 11.4. The van der Waals surface area contributed by atoms with E-state index in [1.165, 1.54) is 17.5 Å². The van der Waals surface area contributed by atoms with E-state index in [2.05, 4.69) is 43.1 Å². The summed E-state index contributed by atoms with van der Waals surface area (Å²) < 4.78 is 28.0. The summed E-state index contributed by atoms with van der Waals surface area (Å²) in [5.41, 5.74) is 2.57. The molecule has 2 heterocycles. The highest BCUT2D eigenvalue weighted by Crippen LogP contribution is 2.46. The summed E-state index contributed by atoms with van der Waals surface area (Å²) >= 11 is 0. The van der Waals surface area contributed by atoms with Crippen LogP contribution in [0.2, 0.25) is 0 Å². The predicted octanol–water partition coefficient (Wildman–Crippen LogP) is 2.54. The summed E-state index contributed by atoms with van der Waals surface area (Å²) in [4.78, 5) is 2.43. The van der Waals surface area contributed by atoms with E-state index in [-0.39, 0.29) is 5.92 Å². The van der Waals surface area contributed by atoms with Gasteiger partial charge < -0.3 is 4.90 Å². The molecule has 1 aromatic rings. The largest absolute Gasteiger partial charge is 0.300 e. The van der Waals surface area contributed by atoms with Crippen LogP contribution >= 0.6 is 0 Å². The van der Waals surface area contributed by atoms with E-state index in [9.17, 15) is 8.42 Å². The monoisotopic (exact) mass is 323 g/mol. The van der Waals surface area contributed by atoms with Crippen molar-refractivity contribution in [3.8, 4) is 0 Å². The first-order valence-corrected chi connectivity index (χ1v) is 9.79. The highest BCUT2D eigenvalue weighted by atomic mass is 32.2. The van der Waals surface area contributed by atoms with Crippen molar-refractivity contribution in [2.24, 2.45) is 5.92 Å². The van der Waals surface area contributed by atoms with E-state index in [0.29, 0.717) is 24.6 Å². The minimum absolute atomic E-state index is 0.237. The van der Waals surface area contributed by atoms with E-state index in [1.54, 1.807) is 0 Å². The lowest BCUT2D eigenvalue weighted by Gasteiger charge is -2.43. The lowest BCUT2D eigenvalue weighted by molar-refractivity contribution is 0.0687. The van der Waals surface area contributed by atoms with Crippen LogP contribution in [0.3, 0.4) is 0 Å². The fourth-order valence-corrected chi connectivity index (χ4v) is 4.61. The van der Waals surface area contributed by atoms with Crippen molar-refractivity contribution in [3.63, 3.8) is 0 Å². The summed E-state index contributed by atoms with van der Waals surface area (Å²) in [5.74, 6) is 0.622. The molecule has 2 fully saturated rings. The Kier molecular flexibility index (Phi) is 4.32. The van der Waals surface area contributed by atoms with E-state index in [1.807, 2.05) is 0 Å². The smallest absolute Gasteiger partial charge is 0.264 e. The minimum atomic E-state index is -3.39. The fourth-order valence-electron chi connectivity index (χ4n) is 4.20. The Hall–Kier alpha value is -0.910. The zero-order valence-corrected chi connectivity index (χ0v) is 14.3. The Morgan fingerprint density at radius 2 is 1.91 bits per heavy atom. The molecule has 4 atom stereocenters. The Bertz CT molecular complexity index is 626. The molecule has 2 aliphatic rings. The van der Waals surface area contributed by atoms with Crippen LogP contribution in [0.25, 0.3) is 0 Å². The van der Waals surface area contributed by atoms with Gasteiger partial charge in [0.2, 0.25) is 0 Å². The van der Waals surface area contributed by atoms with Crippen molar-refractivity contribution < 1.29 is 12.6 Å². The number of fused-ring (bicyclic) bond motifs is 2. The first-order valence-electron chi connectivity index (χ1n) is 7.98. The van der Waals surface area contributed by atoms with E-state index < -0.39 is 10.1 Å². The normalized spacial score (nSPS) is 32.3. The molecule has 2 aliphatic heterocycles. The molecule has 0 aliphatic carbocycles. The maximum Gasteiger partial charge on any atom is 0.264 e. The van der Waals surface area contributed by atoms with Crippen molar-refractivity contribution in [2.45, 2.75) is 44.2 Å². The van der Waals surface area contributed by atoms with Crippen LogP contribution in [0.15, 0.2) is 24.3 Å². The number of nitrogens with zero attached hydrogens (tertiary/aromatic N) is 1. The molecular formula is C17H25NO3S. The van der Waals surface area contributed by atoms with Crippen molar-refractivity contribution in [3.05, 3.63) is 35.4 Å². The Labute approximate surface area is 133 Å². The van der Waals surface area contributed by atoms with Crippen molar-refractivity contribution in [1.29, 1.82) is 0 Å². The molecule has 1 aromatic carbocycles. The number of hydrogen-bond donors (Lipinski definition) is 0. The first kappa shape index (κ1) is 16.0. The SMILES string of the molecule is Cc1ccc([C@H]2C[C@@H]3CC[C@H]([C@H]2COS(C)(=O)=O)N3C)cc1. The molecule has 0 N–H and O–H groups in total. The van der Waals surface area contributed by atoms with Gasteiger partial charge in [-0.05, 0) is 44.7 Å². The number of aryl methyl sites for hydroxylation is 1. The molecule has 0 radical (unpaired) electrons. The highest BCUT2D eigenvalue weighted by molar-refractivity contribution is 7.85. The van der Waals surface area contributed by atoms with Crippen molar-refractivity contribution in [1.82, 2.24) is 4.90 Å². The van der Waals surface area contributed by atoms with Crippen LogP contribution in [0.1, 0.15) is 36.3 Å². The summed E-state index contributed by atoms with van der Waals surface area (Å²) in [6, 6.07) is 9.71. The van der Waals surface area contributed by atoms with Crippen LogP contribution in [0.4, 0.5) is 0 Å². The Morgan fingerprint density at radius 3 is 2.55 bits per heavy atom. The van der Waals surface area contributed by atoms with Crippen LogP contribution < -0.4 is 0 Å². The van der Waals surface area contributed by atoms with Gasteiger partial charge in [0.05, 0.1) is 12.9 Å². The third-order valence-electron chi connectivity index (χ3n) is 5.41. The summed E-state index contributed by atoms with van der Waals surface area (Å²) in [7, 11) is -1.22. The van der Waals surface area contributed by atoms with Gasteiger partial charge in [0.25, 0.3) is 10.1 Å². The zero-order chi connectivity index (χ0) is 15.9. The van der Waals surface area contributed by atoms with Crippen LogP contribution in [-0.4, -0.2) is 45.3 Å². The van der Waals surface area contributed by atoms with E-state index >= 15 is 0 Å². The second kappa shape index (κ2) is 5.95. The Morgan fingerprint density at radius 1 is 1.23 bits per heavy atom. The molecule has 4 nitrogen and oxygen atoms in total. The number of piperidine rings is 1. The second-order valence-electron chi connectivity index (χ2n) is 6.87. The quantitative estimate of drug-likeness (QED) is 0.799. The standard InChI is InChI=1S/C17H25NO3S/c1-12-4-6-13(7-5-12)15-10-14-8-9-17(18(14)2)16(15)11-21-22(3,19)20/h4-7,14-17H,8-11H2,1-3H3/t14-,15+,16-,17+/m0/s1. The summed E-state index contributed by atoms with van der Waals surface area (Å²) in [5, 5.41) is 0. The van der Waals surface area contributed by atoms with E-state index in [4.69, 9.17) is 4.18 Å². The summed E-state index contributed by atoms with van der Waals surface area (Å²) in [6.45, 7) is 2.38. The van der Waals surface area contributed by atoms with E-state index in [0.717, 1.165) is 19.1 Å². The van der Waals surface area contributed by atoms with Gasteiger partial charge in [-0.15, -0.1) is 0 Å². The maximum absolute atomic E-state index is 11.4. The van der Waals surface area contributed by atoms with Gasteiger partial charge in [0.1, 0.15) is 0 Å². The highest BCUT2D eigenvalue weighted by Gasteiger charge is 2.46. The predicted molar refractivity (Wildman–Crippen MR) is 87.4 cm³/mol. The third-order valence-corrected chi connectivity index (χ3v) is 5.98. The van der Waals surface area contributed by atoms with Gasteiger partial charge in [-0.1, -0.05) is 29.8 Å². The Balaban J connectivity index is 1.86. The molecule has 0 unspecified atom stereocenters. The zero-order valence-electron chi connectivity index (χ0n) is 13.5. The average molecular weight is 323 g/mol. The van der Waals surface area contributed by atoms with Crippen LogP contribution in [-0.2, 0) is 14.3 Å². The van der Waals surface area contributed by atoms with Gasteiger partial charge in [-0.25, -0.2) is 0 Å². The topological polar surface area (TPSA) is 46.6 Å². The number of hydrogen-bond acceptors (Lipinski definition) is 4. The van der Waals surface area contributed by atoms with Crippen LogP contribution in [0, 0.1) is 12.8 Å². The first-order chi connectivity index (χ1) is 10.3. The fraction of sp³-hybridized carbons (Fsp3) is 0.647. The molecule has 5 heteroatoms. The number of benzene rings is 1. The van der Waals surface area contributed by atoms with Gasteiger partial charge in [-0.2, -0.15) is 8.42 Å². The molecule has 2 saturated heterocycles. The van der Waals surface area contributed by atoms with Crippen LogP contribution in [0.5, 0.6) is 0 Å². The van der Waals surface area contributed by atoms with Gasteiger partial charge in [0, 0.05) is 18.0 Å². The minimum Gasteiger partial charge on any atom is -0.300 e. The second-order valence-corrected chi connectivity index (χ2v) is 8.51. The van der Waals surface area contributed by atoms with Gasteiger partial charge in [0.15, 0.2) is 0 Å². The van der Waals surface area contributed by atoms with Crippen molar-refractivity contribution in [2.75, 3.05) is 19.9 Å². The molecule has 3 rings (SSSR count). The molecule has 0 aromatic heterocycles. The number of rotatable bonds is 4. The van der Waals surface area contributed by atoms with Gasteiger partial charge in [-0.3, -0.25) is 4.18 Å². The third kappa shape index (κ3) is 3.21. The lowest BCUT2D eigenvalue weighted by Crippen LogP contribution is -2.47.